The van der Waals surface area contributed by atoms with Gasteiger partial charge in [0.25, 0.3) is 0 Å². The summed E-state index contributed by atoms with van der Waals surface area (Å²) >= 11 is 5.88. The fourth-order valence-corrected chi connectivity index (χ4v) is 1.93. The number of benzene rings is 1. The van der Waals surface area contributed by atoms with E-state index in [1.807, 2.05) is 18.9 Å². The van der Waals surface area contributed by atoms with Gasteiger partial charge in [-0.05, 0) is 32.0 Å². The summed E-state index contributed by atoms with van der Waals surface area (Å²) in [7, 11) is 1.87. The third kappa shape index (κ3) is 4.21. The van der Waals surface area contributed by atoms with E-state index in [0.29, 0.717) is 18.5 Å². The van der Waals surface area contributed by atoms with Gasteiger partial charge in [-0.25, -0.2) is 4.39 Å². The summed E-state index contributed by atoms with van der Waals surface area (Å²) in [6.45, 7) is 2.18. The zero-order valence-electron chi connectivity index (χ0n) is 10.6. The molecule has 0 heterocycles. The maximum Gasteiger partial charge on any atom is 0.142 e. The molecule has 0 aliphatic carbocycles. The second kappa shape index (κ2) is 7.04. The Morgan fingerprint density at radius 2 is 2.11 bits per heavy atom. The molecule has 1 rings (SSSR count). The number of hydrogen-bond acceptors (Lipinski definition) is 3. The van der Waals surface area contributed by atoms with E-state index in [-0.39, 0.29) is 17.7 Å². The number of hydrogen-bond donors (Lipinski definition) is 2. The highest BCUT2D eigenvalue weighted by Crippen LogP contribution is 2.21. The van der Waals surface area contributed by atoms with Crippen LogP contribution in [0.15, 0.2) is 18.2 Å². The molecule has 0 fully saturated rings. The fourth-order valence-electron chi connectivity index (χ4n) is 1.74. The highest BCUT2D eigenvalue weighted by atomic mass is 35.5. The normalized spacial score (nSPS) is 14.8. The quantitative estimate of drug-likeness (QED) is 0.835. The summed E-state index contributed by atoms with van der Waals surface area (Å²) < 4.78 is 13.3. The molecule has 0 amide bonds. The molecule has 0 unspecified atom stereocenters. The Labute approximate surface area is 112 Å². The number of aliphatic hydroxyl groups excluding tert-OH is 2. The minimum Gasteiger partial charge on any atom is -0.394 e. The van der Waals surface area contributed by atoms with Crippen LogP contribution in [0, 0.1) is 5.82 Å². The molecule has 0 saturated carbocycles. The summed E-state index contributed by atoms with van der Waals surface area (Å²) in [4.78, 5) is 1.96. The summed E-state index contributed by atoms with van der Waals surface area (Å²) in [5, 5.41) is 18.3. The zero-order valence-corrected chi connectivity index (χ0v) is 11.4. The molecular weight excluding hydrogens is 257 g/mol. The molecule has 0 radical (unpaired) electrons. The van der Waals surface area contributed by atoms with Crippen LogP contribution in [0.1, 0.15) is 18.9 Å². The van der Waals surface area contributed by atoms with Crippen molar-refractivity contribution in [1.82, 2.24) is 4.90 Å². The van der Waals surface area contributed by atoms with Gasteiger partial charge in [-0.2, -0.15) is 0 Å². The van der Waals surface area contributed by atoms with Crippen molar-refractivity contribution < 1.29 is 14.6 Å². The topological polar surface area (TPSA) is 43.7 Å². The van der Waals surface area contributed by atoms with E-state index >= 15 is 0 Å². The van der Waals surface area contributed by atoms with Gasteiger partial charge < -0.3 is 10.2 Å². The molecule has 2 N–H and O–H groups in total. The van der Waals surface area contributed by atoms with Crippen LogP contribution in [0.3, 0.4) is 0 Å². The van der Waals surface area contributed by atoms with Crippen molar-refractivity contribution in [2.24, 2.45) is 0 Å². The van der Waals surface area contributed by atoms with Gasteiger partial charge in [0.05, 0.1) is 17.7 Å². The minimum absolute atomic E-state index is 0.0616. The van der Waals surface area contributed by atoms with Gasteiger partial charge in [-0.15, -0.1) is 0 Å². The van der Waals surface area contributed by atoms with Gasteiger partial charge in [0.2, 0.25) is 0 Å². The summed E-state index contributed by atoms with van der Waals surface area (Å²) in [6.07, 6.45) is -0.273. The molecule has 0 spiro atoms. The Kier molecular flexibility index (Phi) is 6.02. The maximum absolute atomic E-state index is 13.3. The van der Waals surface area contributed by atoms with E-state index in [4.69, 9.17) is 16.7 Å². The summed E-state index contributed by atoms with van der Waals surface area (Å²) in [5.74, 6) is -0.425. The first-order valence-corrected chi connectivity index (χ1v) is 6.25. The number of halogens is 2. The molecule has 0 aliphatic rings. The molecule has 0 aliphatic heterocycles. The zero-order chi connectivity index (χ0) is 13.7. The van der Waals surface area contributed by atoms with Crippen molar-refractivity contribution in [2.45, 2.75) is 32.0 Å². The third-order valence-electron chi connectivity index (χ3n) is 3.03. The van der Waals surface area contributed by atoms with Crippen LogP contribution in [0.25, 0.3) is 0 Å². The summed E-state index contributed by atoms with van der Waals surface area (Å²) in [6, 6.07) is 4.78. The van der Waals surface area contributed by atoms with E-state index in [1.54, 1.807) is 12.1 Å². The van der Waals surface area contributed by atoms with Crippen molar-refractivity contribution in [2.75, 3.05) is 13.7 Å². The van der Waals surface area contributed by atoms with E-state index in [1.165, 1.54) is 6.07 Å². The van der Waals surface area contributed by atoms with Crippen LogP contribution < -0.4 is 0 Å². The van der Waals surface area contributed by atoms with Crippen molar-refractivity contribution in [3.63, 3.8) is 0 Å². The first kappa shape index (κ1) is 15.4. The molecule has 2 atom stereocenters. The van der Waals surface area contributed by atoms with Gasteiger partial charge in [0.15, 0.2) is 0 Å². The Hall–Kier alpha value is -0.680. The second-order valence-electron chi connectivity index (χ2n) is 4.55. The average Bonchev–Trinajstić information content (AvgIpc) is 2.34. The van der Waals surface area contributed by atoms with Crippen LogP contribution in [-0.2, 0) is 6.54 Å². The van der Waals surface area contributed by atoms with Crippen molar-refractivity contribution in [3.05, 3.63) is 34.6 Å². The maximum atomic E-state index is 13.3. The monoisotopic (exact) mass is 275 g/mol. The standard InChI is InChI=1S/C13H19ClFNO2/c1-9(6-11(18)8-17)16(2)7-10-4-3-5-12(15)13(10)14/h3-5,9,11,17-18H,6-8H2,1-2H3/t9-,11-/m0/s1. The van der Waals surface area contributed by atoms with E-state index in [0.717, 1.165) is 0 Å². The molecule has 0 bridgehead atoms. The van der Waals surface area contributed by atoms with Crippen LogP contribution in [0.4, 0.5) is 4.39 Å². The van der Waals surface area contributed by atoms with Crippen LogP contribution in [0.5, 0.6) is 0 Å². The number of nitrogens with zero attached hydrogens (tertiary/aromatic N) is 1. The Morgan fingerprint density at radius 1 is 1.44 bits per heavy atom. The van der Waals surface area contributed by atoms with Crippen LogP contribution in [-0.4, -0.2) is 40.9 Å². The lowest BCUT2D eigenvalue weighted by atomic mass is 10.1. The Balaban J connectivity index is 2.63. The molecule has 102 valence electrons. The molecule has 0 saturated heterocycles. The largest absolute Gasteiger partial charge is 0.394 e. The van der Waals surface area contributed by atoms with Crippen molar-refractivity contribution in [3.8, 4) is 0 Å². The fraction of sp³-hybridized carbons (Fsp3) is 0.538. The third-order valence-corrected chi connectivity index (χ3v) is 3.45. The Bertz CT molecular complexity index is 389. The van der Waals surface area contributed by atoms with Gasteiger partial charge in [0.1, 0.15) is 5.82 Å². The lowest BCUT2D eigenvalue weighted by Gasteiger charge is -2.26. The smallest absolute Gasteiger partial charge is 0.142 e. The highest BCUT2D eigenvalue weighted by Gasteiger charge is 2.16. The van der Waals surface area contributed by atoms with Crippen LogP contribution in [0.2, 0.25) is 5.02 Å². The van der Waals surface area contributed by atoms with Gasteiger partial charge in [-0.1, -0.05) is 23.7 Å². The molecule has 3 nitrogen and oxygen atoms in total. The Morgan fingerprint density at radius 3 is 2.72 bits per heavy atom. The van der Waals surface area contributed by atoms with Crippen molar-refractivity contribution >= 4 is 11.6 Å². The second-order valence-corrected chi connectivity index (χ2v) is 4.93. The van der Waals surface area contributed by atoms with Gasteiger partial charge >= 0.3 is 0 Å². The molecule has 18 heavy (non-hydrogen) atoms. The minimum atomic E-state index is -0.731. The first-order chi connectivity index (χ1) is 8.45. The molecule has 1 aromatic rings. The van der Waals surface area contributed by atoms with E-state index in [2.05, 4.69) is 0 Å². The predicted octanol–water partition coefficient (Wildman–Crippen LogP) is 2.04. The first-order valence-electron chi connectivity index (χ1n) is 5.87. The molecule has 5 heteroatoms. The van der Waals surface area contributed by atoms with E-state index < -0.39 is 11.9 Å². The predicted molar refractivity (Wildman–Crippen MR) is 70.0 cm³/mol. The molecule has 1 aromatic carbocycles. The number of rotatable bonds is 6. The highest BCUT2D eigenvalue weighted by molar-refractivity contribution is 6.31. The average molecular weight is 276 g/mol. The van der Waals surface area contributed by atoms with Crippen molar-refractivity contribution in [1.29, 1.82) is 0 Å². The van der Waals surface area contributed by atoms with Gasteiger partial charge in [0, 0.05) is 12.6 Å². The van der Waals surface area contributed by atoms with Crippen LogP contribution >= 0.6 is 11.6 Å². The summed E-state index contributed by atoms with van der Waals surface area (Å²) in [5.41, 5.74) is 0.713. The molecule has 0 aromatic heterocycles. The SMILES string of the molecule is C[C@@H](C[C@H](O)CO)N(C)Cc1cccc(F)c1Cl. The van der Waals surface area contributed by atoms with Gasteiger partial charge in [-0.3, -0.25) is 4.90 Å². The number of aliphatic hydroxyl groups is 2. The lowest BCUT2D eigenvalue weighted by molar-refractivity contribution is 0.0634. The lowest BCUT2D eigenvalue weighted by Crippen LogP contribution is -2.33. The molecular formula is C13H19ClFNO2. The van der Waals surface area contributed by atoms with E-state index in [9.17, 15) is 9.50 Å².